The number of nitrogens with two attached hydrogens (primary N) is 1. The molecule has 6 nitrogen and oxygen atoms in total. The summed E-state index contributed by atoms with van der Waals surface area (Å²) >= 11 is 0. The van der Waals surface area contributed by atoms with E-state index in [2.05, 4.69) is 10.4 Å². The summed E-state index contributed by atoms with van der Waals surface area (Å²) in [5, 5.41) is 0. The number of hydrogen-bond donors (Lipinski definition) is 3. The van der Waals surface area contributed by atoms with Crippen LogP contribution in [0.15, 0.2) is 41.6 Å². The van der Waals surface area contributed by atoms with Crippen LogP contribution in [0, 0.1) is 11.6 Å². The van der Waals surface area contributed by atoms with E-state index in [1.54, 1.807) is 0 Å². The van der Waals surface area contributed by atoms with Gasteiger partial charge in [0.05, 0.1) is 11.4 Å². The smallest absolute Gasteiger partial charge is 0.265 e. The highest BCUT2D eigenvalue weighted by atomic mass is 32.2. The summed E-state index contributed by atoms with van der Waals surface area (Å²) < 4.78 is 52.3. The van der Waals surface area contributed by atoms with Gasteiger partial charge in [-0.3, -0.25) is 15.5 Å². The Hall–Kier alpha value is -2.26. The van der Waals surface area contributed by atoms with Gasteiger partial charge >= 0.3 is 0 Å². The van der Waals surface area contributed by atoms with Crippen LogP contribution in [0.2, 0.25) is 0 Å². The van der Waals surface area contributed by atoms with Crippen molar-refractivity contribution in [3.63, 3.8) is 0 Å². The van der Waals surface area contributed by atoms with E-state index in [9.17, 15) is 17.2 Å². The van der Waals surface area contributed by atoms with Gasteiger partial charge in [0.1, 0.15) is 16.5 Å². The summed E-state index contributed by atoms with van der Waals surface area (Å²) in [4.78, 5) is 3.43. The predicted molar refractivity (Wildman–Crippen MR) is 69.2 cm³/mol. The minimum Gasteiger partial charge on any atom is -0.323 e. The molecule has 1 aromatic heterocycles. The Labute approximate surface area is 113 Å². The molecule has 0 spiro atoms. The molecule has 2 rings (SSSR count). The molecule has 0 saturated heterocycles. The van der Waals surface area contributed by atoms with Gasteiger partial charge in [-0.1, -0.05) is 0 Å². The maximum Gasteiger partial charge on any atom is 0.265 e. The Kier molecular flexibility index (Phi) is 3.81. The Morgan fingerprint density at radius 3 is 2.40 bits per heavy atom. The molecule has 0 radical (unpaired) electrons. The lowest BCUT2D eigenvalue weighted by molar-refractivity contribution is 0.584. The van der Waals surface area contributed by atoms with Gasteiger partial charge in [0, 0.05) is 18.5 Å². The maximum absolute atomic E-state index is 13.0. The molecule has 0 fully saturated rings. The summed E-state index contributed by atoms with van der Waals surface area (Å²) in [6.45, 7) is 0. The van der Waals surface area contributed by atoms with Gasteiger partial charge in [-0.2, -0.15) is 0 Å². The third kappa shape index (κ3) is 3.00. The van der Waals surface area contributed by atoms with Gasteiger partial charge in [0.15, 0.2) is 0 Å². The van der Waals surface area contributed by atoms with E-state index in [0.29, 0.717) is 6.07 Å². The zero-order valence-corrected chi connectivity index (χ0v) is 10.8. The number of rotatable bonds is 4. The van der Waals surface area contributed by atoms with Crippen molar-refractivity contribution in [2.45, 2.75) is 4.90 Å². The number of aromatic nitrogens is 1. The van der Waals surface area contributed by atoms with Gasteiger partial charge in [-0.05, 0) is 18.2 Å². The van der Waals surface area contributed by atoms with E-state index in [1.807, 2.05) is 4.72 Å². The Bertz CT molecular complexity index is 717. The number of sulfonamides is 1. The fourth-order valence-electron chi connectivity index (χ4n) is 1.54. The van der Waals surface area contributed by atoms with Crippen molar-refractivity contribution in [3.05, 3.63) is 48.3 Å². The fourth-order valence-corrected chi connectivity index (χ4v) is 2.69. The number of benzene rings is 1. The van der Waals surface area contributed by atoms with Crippen LogP contribution >= 0.6 is 0 Å². The Morgan fingerprint density at radius 1 is 1.15 bits per heavy atom. The first kappa shape index (κ1) is 14.2. The molecule has 0 unspecified atom stereocenters. The molecule has 20 heavy (non-hydrogen) atoms. The summed E-state index contributed by atoms with van der Waals surface area (Å²) in [7, 11) is -4.08. The highest BCUT2D eigenvalue weighted by Gasteiger charge is 2.19. The van der Waals surface area contributed by atoms with Crippen LogP contribution < -0.4 is 16.0 Å². The van der Waals surface area contributed by atoms with Crippen molar-refractivity contribution < 1.29 is 17.2 Å². The van der Waals surface area contributed by atoms with E-state index in [0.717, 1.165) is 18.3 Å². The highest BCUT2D eigenvalue weighted by molar-refractivity contribution is 7.92. The van der Waals surface area contributed by atoms with Crippen LogP contribution in [0.3, 0.4) is 0 Å². The number of nitrogens with zero attached hydrogens (tertiary/aromatic N) is 1. The molecule has 0 aliphatic rings. The lowest BCUT2D eigenvalue weighted by Crippen LogP contribution is -2.18. The molecular formula is C11H10F2N4O2S. The van der Waals surface area contributed by atoms with Crippen molar-refractivity contribution in [1.82, 2.24) is 4.98 Å². The van der Waals surface area contributed by atoms with Gasteiger partial charge in [0.25, 0.3) is 10.0 Å². The second kappa shape index (κ2) is 5.39. The molecule has 1 aromatic carbocycles. The number of hydrogen-bond acceptors (Lipinski definition) is 5. The molecule has 106 valence electrons. The zero-order valence-electron chi connectivity index (χ0n) is 9.97. The van der Waals surface area contributed by atoms with Crippen LogP contribution in [0.25, 0.3) is 0 Å². The average molecular weight is 300 g/mol. The van der Waals surface area contributed by atoms with E-state index in [-0.39, 0.29) is 16.3 Å². The lowest BCUT2D eigenvalue weighted by Gasteiger charge is -2.11. The molecule has 0 atom stereocenters. The van der Waals surface area contributed by atoms with Gasteiger partial charge < -0.3 is 5.43 Å². The molecule has 9 heteroatoms. The van der Waals surface area contributed by atoms with Gasteiger partial charge in [-0.25, -0.2) is 17.2 Å². The zero-order chi connectivity index (χ0) is 14.8. The van der Waals surface area contributed by atoms with Crippen molar-refractivity contribution in [2.75, 3.05) is 10.1 Å². The first-order chi connectivity index (χ1) is 9.42. The number of pyridine rings is 1. The molecular weight excluding hydrogens is 290 g/mol. The average Bonchev–Trinajstić information content (AvgIpc) is 2.36. The first-order valence-electron chi connectivity index (χ1n) is 5.32. The number of anilines is 2. The monoisotopic (exact) mass is 300 g/mol. The second-order valence-corrected chi connectivity index (χ2v) is 5.43. The quantitative estimate of drug-likeness (QED) is 0.586. The van der Waals surface area contributed by atoms with Crippen molar-refractivity contribution in [1.29, 1.82) is 0 Å². The van der Waals surface area contributed by atoms with E-state index >= 15 is 0 Å². The van der Waals surface area contributed by atoms with E-state index in [1.165, 1.54) is 12.3 Å². The standard InChI is InChI=1S/C11H10F2N4O2S/c12-7-3-8(13)5-9(4-7)17-20(18,19)11-6-15-2-1-10(11)16-14/h1-6,17H,14H2,(H,15,16). The van der Waals surface area contributed by atoms with Crippen LogP contribution in [-0.4, -0.2) is 13.4 Å². The van der Waals surface area contributed by atoms with Crippen LogP contribution in [-0.2, 0) is 10.0 Å². The second-order valence-electron chi connectivity index (χ2n) is 3.78. The summed E-state index contributed by atoms with van der Waals surface area (Å²) in [6, 6.07) is 3.69. The molecule has 0 saturated carbocycles. The SMILES string of the molecule is NNc1ccncc1S(=O)(=O)Nc1cc(F)cc(F)c1. The van der Waals surface area contributed by atoms with Crippen molar-refractivity contribution >= 4 is 21.4 Å². The van der Waals surface area contributed by atoms with Gasteiger partial charge in [-0.15, -0.1) is 0 Å². The summed E-state index contributed by atoms with van der Waals surface area (Å²) in [5.74, 6) is 3.40. The molecule has 0 bridgehead atoms. The first-order valence-corrected chi connectivity index (χ1v) is 6.80. The van der Waals surface area contributed by atoms with Gasteiger partial charge in [0.2, 0.25) is 0 Å². The topological polar surface area (TPSA) is 97.1 Å². The largest absolute Gasteiger partial charge is 0.323 e. The Morgan fingerprint density at radius 2 is 1.80 bits per heavy atom. The summed E-state index contributed by atoms with van der Waals surface area (Å²) in [5.41, 5.74) is 2.06. The third-order valence-electron chi connectivity index (χ3n) is 2.34. The molecule has 0 amide bonds. The number of hydrazine groups is 1. The van der Waals surface area contributed by atoms with E-state index < -0.39 is 21.7 Å². The highest BCUT2D eigenvalue weighted by Crippen LogP contribution is 2.22. The maximum atomic E-state index is 13.0. The molecule has 1 heterocycles. The van der Waals surface area contributed by atoms with Crippen molar-refractivity contribution in [3.8, 4) is 0 Å². The van der Waals surface area contributed by atoms with Crippen LogP contribution in [0.1, 0.15) is 0 Å². The summed E-state index contributed by atoms with van der Waals surface area (Å²) in [6.07, 6.45) is 2.41. The molecule has 0 aliphatic heterocycles. The molecule has 0 aliphatic carbocycles. The lowest BCUT2D eigenvalue weighted by atomic mass is 10.3. The Balaban J connectivity index is 2.41. The van der Waals surface area contributed by atoms with Crippen LogP contribution in [0.4, 0.5) is 20.2 Å². The number of nitrogens with one attached hydrogen (secondary N) is 2. The minimum atomic E-state index is -4.08. The van der Waals surface area contributed by atoms with E-state index in [4.69, 9.17) is 5.84 Å². The normalized spacial score (nSPS) is 11.2. The fraction of sp³-hybridized carbons (Fsp3) is 0. The minimum absolute atomic E-state index is 0.101. The van der Waals surface area contributed by atoms with Crippen molar-refractivity contribution in [2.24, 2.45) is 5.84 Å². The van der Waals surface area contributed by atoms with Crippen LogP contribution in [0.5, 0.6) is 0 Å². The predicted octanol–water partition coefficient (Wildman–Crippen LogP) is 1.45. The molecule has 2 aromatic rings. The molecule has 4 N–H and O–H groups in total. The number of nitrogen functional groups attached to an aromatic ring is 1. The number of halogens is 2. The third-order valence-corrected chi connectivity index (χ3v) is 3.75.